The monoisotopic (exact) mass is 232 g/mol. The van der Waals surface area contributed by atoms with Gasteiger partial charge in [0.25, 0.3) is 0 Å². The molecule has 2 rings (SSSR count). The van der Waals surface area contributed by atoms with E-state index in [9.17, 15) is 0 Å². The molecule has 6 nitrogen and oxygen atoms in total. The summed E-state index contributed by atoms with van der Waals surface area (Å²) in [7, 11) is 1.92. The van der Waals surface area contributed by atoms with E-state index in [1.54, 1.807) is 12.5 Å². The molecule has 0 aliphatic carbocycles. The number of nitrogens with one attached hydrogen (secondary N) is 2. The second kappa shape index (κ2) is 5.29. The van der Waals surface area contributed by atoms with Crippen molar-refractivity contribution in [2.24, 2.45) is 7.05 Å². The summed E-state index contributed by atoms with van der Waals surface area (Å²) in [5.74, 6) is 1.63. The van der Waals surface area contributed by atoms with Gasteiger partial charge in [0.1, 0.15) is 18.0 Å². The molecule has 0 spiro atoms. The average Bonchev–Trinajstić information content (AvgIpc) is 2.73. The molecular formula is C11H16N6. The maximum Gasteiger partial charge on any atom is 0.131 e. The number of aromatic nitrogens is 4. The predicted octanol–water partition coefficient (Wildman–Crippen LogP) is 1.25. The summed E-state index contributed by atoms with van der Waals surface area (Å²) in [6.45, 7) is 3.57. The van der Waals surface area contributed by atoms with Crippen LogP contribution in [0.4, 0.5) is 11.6 Å². The van der Waals surface area contributed by atoms with E-state index in [4.69, 9.17) is 0 Å². The second-order valence-corrected chi connectivity index (χ2v) is 3.62. The molecule has 0 radical (unpaired) electrons. The highest BCUT2D eigenvalue weighted by Gasteiger charge is 2.00. The van der Waals surface area contributed by atoms with Crippen molar-refractivity contribution in [1.29, 1.82) is 0 Å². The Morgan fingerprint density at radius 2 is 2.00 bits per heavy atom. The maximum absolute atomic E-state index is 4.16. The first-order chi connectivity index (χ1) is 8.29. The zero-order valence-electron chi connectivity index (χ0n) is 10.0. The van der Waals surface area contributed by atoms with Crippen molar-refractivity contribution in [3.05, 3.63) is 30.4 Å². The van der Waals surface area contributed by atoms with Gasteiger partial charge in [-0.15, -0.1) is 0 Å². The van der Waals surface area contributed by atoms with Gasteiger partial charge in [0.15, 0.2) is 0 Å². The zero-order valence-corrected chi connectivity index (χ0v) is 10.0. The average molecular weight is 232 g/mol. The molecule has 0 aliphatic rings. The quantitative estimate of drug-likeness (QED) is 0.812. The lowest BCUT2D eigenvalue weighted by Gasteiger charge is -2.07. The Balaban J connectivity index is 1.99. The summed E-state index contributed by atoms with van der Waals surface area (Å²) >= 11 is 0. The fourth-order valence-electron chi connectivity index (χ4n) is 1.49. The first-order valence-electron chi connectivity index (χ1n) is 5.56. The van der Waals surface area contributed by atoms with Gasteiger partial charge in [0, 0.05) is 25.9 Å². The van der Waals surface area contributed by atoms with Crippen molar-refractivity contribution in [2.45, 2.75) is 13.5 Å². The summed E-state index contributed by atoms with van der Waals surface area (Å²) in [5, 5.41) is 10.5. The molecule has 0 saturated heterocycles. The van der Waals surface area contributed by atoms with E-state index in [0.29, 0.717) is 6.54 Å². The lowest BCUT2D eigenvalue weighted by Crippen LogP contribution is -2.07. The molecule has 2 aromatic heterocycles. The van der Waals surface area contributed by atoms with Crippen LogP contribution in [0.15, 0.2) is 24.7 Å². The van der Waals surface area contributed by atoms with E-state index < -0.39 is 0 Å². The highest BCUT2D eigenvalue weighted by Crippen LogP contribution is 2.09. The minimum Gasteiger partial charge on any atom is -0.370 e. The Kier molecular flexibility index (Phi) is 3.54. The van der Waals surface area contributed by atoms with Gasteiger partial charge in [-0.05, 0) is 13.0 Å². The van der Waals surface area contributed by atoms with Gasteiger partial charge in [0.2, 0.25) is 0 Å². The van der Waals surface area contributed by atoms with Crippen LogP contribution in [0.2, 0.25) is 0 Å². The molecule has 2 aromatic rings. The highest BCUT2D eigenvalue weighted by molar-refractivity contribution is 5.46. The summed E-state index contributed by atoms with van der Waals surface area (Å²) < 4.78 is 1.83. The lowest BCUT2D eigenvalue weighted by molar-refractivity contribution is 0.720. The van der Waals surface area contributed by atoms with Crippen LogP contribution in [-0.4, -0.2) is 26.3 Å². The van der Waals surface area contributed by atoms with E-state index in [0.717, 1.165) is 23.9 Å². The Labute approximate surface area is 100 Å². The van der Waals surface area contributed by atoms with Crippen LogP contribution in [0, 0.1) is 0 Å². The van der Waals surface area contributed by atoms with Gasteiger partial charge >= 0.3 is 0 Å². The zero-order chi connectivity index (χ0) is 12.1. The van der Waals surface area contributed by atoms with E-state index in [2.05, 4.69) is 25.7 Å². The first-order valence-corrected chi connectivity index (χ1v) is 5.56. The molecule has 17 heavy (non-hydrogen) atoms. The fraction of sp³-hybridized carbons (Fsp3) is 0.364. The largest absolute Gasteiger partial charge is 0.370 e. The van der Waals surface area contributed by atoms with Gasteiger partial charge in [0.05, 0.1) is 12.2 Å². The number of anilines is 2. The van der Waals surface area contributed by atoms with E-state index in [1.165, 1.54) is 0 Å². The van der Waals surface area contributed by atoms with Gasteiger partial charge in [-0.2, -0.15) is 5.10 Å². The minimum absolute atomic E-state index is 0.694. The molecule has 0 aliphatic heterocycles. The summed E-state index contributed by atoms with van der Waals surface area (Å²) in [5.41, 5.74) is 1.11. The van der Waals surface area contributed by atoms with Gasteiger partial charge in [-0.1, -0.05) is 0 Å². The van der Waals surface area contributed by atoms with Crippen LogP contribution >= 0.6 is 0 Å². The van der Waals surface area contributed by atoms with Crippen LogP contribution in [-0.2, 0) is 13.6 Å². The first kappa shape index (κ1) is 11.4. The van der Waals surface area contributed by atoms with Crippen molar-refractivity contribution in [1.82, 2.24) is 19.7 Å². The predicted molar refractivity (Wildman–Crippen MR) is 66.7 cm³/mol. The molecule has 0 atom stereocenters. The van der Waals surface area contributed by atoms with Gasteiger partial charge in [-0.3, -0.25) is 4.68 Å². The topological polar surface area (TPSA) is 67.7 Å². The molecule has 0 aromatic carbocycles. The van der Waals surface area contributed by atoms with Crippen LogP contribution < -0.4 is 10.6 Å². The number of aryl methyl sites for hydroxylation is 1. The third-order valence-electron chi connectivity index (χ3n) is 2.40. The molecule has 0 unspecified atom stereocenters. The van der Waals surface area contributed by atoms with Crippen LogP contribution in [0.5, 0.6) is 0 Å². The Bertz CT molecular complexity index is 478. The molecule has 2 heterocycles. The third kappa shape index (κ3) is 2.93. The van der Waals surface area contributed by atoms with Crippen LogP contribution in [0.3, 0.4) is 0 Å². The third-order valence-corrected chi connectivity index (χ3v) is 2.40. The van der Waals surface area contributed by atoms with Crippen molar-refractivity contribution in [3.8, 4) is 0 Å². The summed E-state index contributed by atoms with van der Waals surface area (Å²) in [6, 6.07) is 3.86. The number of hydrogen-bond donors (Lipinski definition) is 2. The van der Waals surface area contributed by atoms with Gasteiger partial charge in [-0.25, -0.2) is 9.97 Å². The van der Waals surface area contributed by atoms with Crippen molar-refractivity contribution in [2.75, 3.05) is 17.2 Å². The lowest BCUT2D eigenvalue weighted by atomic mass is 10.4. The van der Waals surface area contributed by atoms with E-state index in [-0.39, 0.29) is 0 Å². The Hall–Kier alpha value is -2.11. The SMILES string of the molecule is CCNc1cc(NCc2ccnn2C)ncn1. The maximum atomic E-state index is 4.16. The molecule has 0 saturated carbocycles. The standard InChI is InChI=1S/C11H16N6/c1-3-12-10-6-11(15-8-14-10)13-7-9-4-5-16-17(9)2/h4-6,8H,3,7H2,1-2H3,(H2,12,13,14,15). The van der Waals surface area contributed by atoms with Crippen molar-refractivity contribution < 1.29 is 0 Å². The minimum atomic E-state index is 0.694. The van der Waals surface area contributed by atoms with Crippen LogP contribution in [0.25, 0.3) is 0 Å². The molecule has 90 valence electrons. The Morgan fingerprint density at radius 1 is 1.24 bits per heavy atom. The van der Waals surface area contributed by atoms with Crippen molar-refractivity contribution >= 4 is 11.6 Å². The fourth-order valence-corrected chi connectivity index (χ4v) is 1.49. The number of nitrogens with zero attached hydrogens (tertiary/aromatic N) is 4. The molecule has 2 N–H and O–H groups in total. The Morgan fingerprint density at radius 3 is 2.65 bits per heavy atom. The molecular weight excluding hydrogens is 216 g/mol. The normalized spacial score (nSPS) is 10.2. The summed E-state index contributed by atoms with van der Waals surface area (Å²) in [4.78, 5) is 8.27. The number of hydrogen-bond acceptors (Lipinski definition) is 5. The van der Waals surface area contributed by atoms with E-state index >= 15 is 0 Å². The molecule has 0 amide bonds. The van der Waals surface area contributed by atoms with Gasteiger partial charge < -0.3 is 10.6 Å². The molecule has 0 fully saturated rings. The second-order valence-electron chi connectivity index (χ2n) is 3.62. The summed E-state index contributed by atoms with van der Waals surface area (Å²) in [6.07, 6.45) is 3.32. The van der Waals surface area contributed by atoms with Crippen molar-refractivity contribution in [3.63, 3.8) is 0 Å². The van der Waals surface area contributed by atoms with Crippen LogP contribution in [0.1, 0.15) is 12.6 Å². The molecule has 6 heteroatoms. The number of rotatable bonds is 5. The molecule has 0 bridgehead atoms. The smallest absolute Gasteiger partial charge is 0.131 e. The van der Waals surface area contributed by atoms with E-state index in [1.807, 2.05) is 30.8 Å². The highest BCUT2D eigenvalue weighted by atomic mass is 15.3.